The van der Waals surface area contributed by atoms with Gasteiger partial charge in [-0.25, -0.2) is 9.59 Å². The maximum absolute atomic E-state index is 11.7. The molecule has 1 aromatic carbocycles. The van der Waals surface area contributed by atoms with Gasteiger partial charge in [-0.15, -0.1) is 0 Å². The number of benzene rings is 1. The van der Waals surface area contributed by atoms with E-state index in [0.717, 1.165) is 6.42 Å². The fraction of sp³-hybridized carbons (Fsp3) is 0.333. The third-order valence-corrected chi connectivity index (χ3v) is 2.80. The van der Waals surface area contributed by atoms with Crippen molar-refractivity contribution in [2.24, 2.45) is 0 Å². The van der Waals surface area contributed by atoms with E-state index in [1.165, 1.54) is 18.2 Å². The minimum absolute atomic E-state index is 0.0657. The Hall–Kier alpha value is -2.88. The van der Waals surface area contributed by atoms with Crippen molar-refractivity contribution in [1.29, 1.82) is 5.26 Å². The summed E-state index contributed by atoms with van der Waals surface area (Å²) >= 11 is 0. The van der Waals surface area contributed by atoms with E-state index in [-0.39, 0.29) is 11.6 Å². The number of nitrogens with one attached hydrogen (secondary N) is 2. The summed E-state index contributed by atoms with van der Waals surface area (Å²) in [5.41, 5.74) is 0.475. The molecule has 0 heterocycles. The van der Waals surface area contributed by atoms with Crippen LogP contribution in [0.25, 0.3) is 0 Å². The first-order valence-electron chi connectivity index (χ1n) is 6.74. The molecule has 0 radical (unpaired) electrons. The van der Waals surface area contributed by atoms with Gasteiger partial charge in [0.05, 0.1) is 17.2 Å². The van der Waals surface area contributed by atoms with Crippen molar-refractivity contribution in [3.05, 3.63) is 35.4 Å². The van der Waals surface area contributed by atoms with E-state index in [9.17, 15) is 14.4 Å². The van der Waals surface area contributed by atoms with Gasteiger partial charge < -0.3 is 10.1 Å². The van der Waals surface area contributed by atoms with Gasteiger partial charge in [-0.05, 0) is 31.5 Å². The summed E-state index contributed by atoms with van der Waals surface area (Å²) in [6, 6.07) is 7.10. The molecule has 7 nitrogen and oxygen atoms in total. The van der Waals surface area contributed by atoms with Crippen LogP contribution in [0, 0.1) is 11.3 Å². The Morgan fingerprint density at radius 2 is 2.09 bits per heavy atom. The molecule has 0 aliphatic rings. The van der Waals surface area contributed by atoms with Crippen LogP contribution in [-0.4, -0.2) is 30.6 Å². The molecule has 0 bridgehead atoms. The van der Waals surface area contributed by atoms with Crippen molar-refractivity contribution in [1.82, 2.24) is 10.6 Å². The van der Waals surface area contributed by atoms with E-state index in [1.54, 1.807) is 13.0 Å². The second-order valence-electron chi connectivity index (χ2n) is 4.60. The standard InChI is InChI=1S/C15H17N3O4/c1-3-10(2)17-15(21)18-13(19)9-22-14(20)12-6-4-5-11(7-12)8-16/h4-7,10H,3,9H2,1-2H3,(H2,17,18,19,21)/t10-/m0/s1. The summed E-state index contributed by atoms with van der Waals surface area (Å²) in [5.74, 6) is -1.47. The number of hydrogen-bond donors (Lipinski definition) is 2. The fourth-order valence-corrected chi connectivity index (χ4v) is 1.45. The Morgan fingerprint density at radius 1 is 1.36 bits per heavy atom. The second-order valence-corrected chi connectivity index (χ2v) is 4.60. The average molecular weight is 303 g/mol. The summed E-state index contributed by atoms with van der Waals surface area (Å²) in [5, 5.41) is 13.3. The first-order valence-corrected chi connectivity index (χ1v) is 6.74. The van der Waals surface area contributed by atoms with E-state index in [0.29, 0.717) is 5.56 Å². The molecule has 1 aromatic rings. The van der Waals surface area contributed by atoms with Crippen LogP contribution in [0.3, 0.4) is 0 Å². The fourth-order valence-electron chi connectivity index (χ4n) is 1.45. The minimum Gasteiger partial charge on any atom is -0.452 e. The van der Waals surface area contributed by atoms with Gasteiger partial charge in [0.25, 0.3) is 5.91 Å². The number of carbonyl (C=O) groups excluding carboxylic acids is 3. The highest BCUT2D eigenvalue weighted by molar-refractivity contribution is 5.97. The molecule has 0 aliphatic carbocycles. The minimum atomic E-state index is -0.741. The molecule has 0 spiro atoms. The largest absolute Gasteiger partial charge is 0.452 e. The maximum Gasteiger partial charge on any atom is 0.338 e. The van der Waals surface area contributed by atoms with Gasteiger partial charge in [0.15, 0.2) is 6.61 Å². The molecule has 22 heavy (non-hydrogen) atoms. The van der Waals surface area contributed by atoms with Crippen molar-refractivity contribution in [3.8, 4) is 6.07 Å². The molecule has 3 amide bonds. The molecule has 2 N–H and O–H groups in total. The number of amides is 3. The van der Waals surface area contributed by atoms with Crippen molar-refractivity contribution in [3.63, 3.8) is 0 Å². The lowest BCUT2D eigenvalue weighted by molar-refractivity contribution is -0.123. The molecular formula is C15H17N3O4. The summed E-state index contributed by atoms with van der Waals surface area (Å²) in [4.78, 5) is 34.6. The predicted octanol–water partition coefficient (Wildman–Crippen LogP) is 1.34. The van der Waals surface area contributed by atoms with Gasteiger partial charge in [0.2, 0.25) is 0 Å². The van der Waals surface area contributed by atoms with E-state index in [2.05, 4.69) is 10.6 Å². The lowest BCUT2D eigenvalue weighted by Crippen LogP contribution is -2.44. The van der Waals surface area contributed by atoms with Crippen LogP contribution in [-0.2, 0) is 9.53 Å². The number of imide groups is 1. The summed E-state index contributed by atoms with van der Waals surface area (Å²) in [6.45, 7) is 3.11. The molecule has 116 valence electrons. The normalized spacial score (nSPS) is 11.0. The van der Waals surface area contributed by atoms with Crippen LogP contribution in [0.1, 0.15) is 36.2 Å². The molecule has 0 aromatic heterocycles. The number of nitriles is 1. The van der Waals surface area contributed by atoms with Crippen molar-refractivity contribution in [2.45, 2.75) is 26.3 Å². The van der Waals surface area contributed by atoms with Crippen LogP contribution >= 0.6 is 0 Å². The monoisotopic (exact) mass is 303 g/mol. The lowest BCUT2D eigenvalue weighted by atomic mass is 10.1. The van der Waals surface area contributed by atoms with Crippen molar-refractivity contribution in [2.75, 3.05) is 6.61 Å². The third kappa shape index (κ3) is 5.63. The zero-order chi connectivity index (χ0) is 16.5. The molecular weight excluding hydrogens is 286 g/mol. The van der Waals surface area contributed by atoms with Crippen LogP contribution in [0.4, 0.5) is 4.79 Å². The highest BCUT2D eigenvalue weighted by Gasteiger charge is 2.13. The smallest absolute Gasteiger partial charge is 0.338 e. The Balaban J connectivity index is 2.45. The zero-order valence-corrected chi connectivity index (χ0v) is 12.4. The third-order valence-electron chi connectivity index (χ3n) is 2.80. The van der Waals surface area contributed by atoms with Gasteiger partial charge >= 0.3 is 12.0 Å². The van der Waals surface area contributed by atoms with E-state index >= 15 is 0 Å². The van der Waals surface area contributed by atoms with Gasteiger partial charge in [0, 0.05) is 6.04 Å². The second kappa shape index (κ2) is 8.42. The van der Waals surface area contributed by atoms with Gasteiger partial charge in [-0.1, -0.05) is 13.0 Å². The van der Waals surface area contributed by atoms with Gasteiger partial charge in [-0.3, -0.25) is 10.1 Å². The van der Waals surface area contributed by atoms with Crippen LogP contribution < -0.4 is 10.6 Å². The van der Waals surface area contributed by atoms with Gasteiger partial charge in [0.1, 0.15) is 0 Å². The molecule has 1 atom stereocenters. The SMILES string of the molecule is CC[C@H](C)NC(=O)NC(=O)COC(=O)c1cccc(C#N)c1. The predicted molar refractivity (Wildman–Crippen MR) is 77.9 cm³/mol. The lowest BCUT2D eigenvalue weighted by Gasteiger charge is -2.11. The van der Waals surface area contributed by atoms with E-state index in [4.69, 9.17) is 10.00 Å². The van der Waals surface area contributed by atoms with Gasteiger partial charge in [-0.2, -0.15) is 5.26 Å². The molecule has 7 heteroatoms. The Morgan fingerprint density at radius 3 is 2.73 bits per heavy atom. The van der Waals surface area contributed by atoms with E-state index in [1.807, 2.05) is 13.0 Å². The maximum atomic E-state index is 11.7. The number of urea groups is 1. The summed E-state index contributed by atoms with van der Waals surface area (Å²) < 4.78 is 4.78. The number of rotatable bonds is 5. The van der Waals surface area contributed by atoms with Crippen molar-refractivity contribution < 1.29 is 19.1 Å². The molecule has 0 aliphatic heterocycles. The Bertz CT molecular complexity index is 607. The summed E-state index contributed by atoms with van der Waals surface area (Å²) in [6.07, 6.45) is 0.728. The number of esters is 1. The number of carbonyl (C=O) groups is 3. The zero-order valence-electron chi connectivity index (χ0n) is 12.4. The van der Waals surface area contributed by atoms with Crippen LogP contribution in [0.15, 0.2) is 24.3 Å². The highest BCUT2D eigenvalue weighted by atomic mass is 16.5. The number of nitrogens with zero attached hydrogens (tertiary/aromatic N) is 1. The molecule has 0 saturated heterocycles. The first-order chi connectivity index (χ1) is 10.5. The van der Waals surface area contributed by atoms with E-state index < -0.39 is 24.5 Å². The number of hydrogen-bond acceptors (Lipinski definition) is 5. The molecule has 1 rings (SSSR count). The molecule has 0 unspecified atom stereocenters. The average Bonchev–Trinajstić information content (AvgIpc) is 2.52. The Kier molecular flexibility index (Phi) is 6.57. The first kappa shape index (κ1) is 17.2. The Labute approximate surface area is 128 Å². The molecule has 0 fully saturated rings. The van der Waals surface area contributed by atoms with Crippen molar-refractivity contribution >= 4 is 17.9 Å². The topological polar surface area (TPSA) is 108 Å². The van der Waals surface area contributed by atoms with Crippen LogP contribution in [0.2, 0.25) is 0 Å². The summed E-state index contributed by atoms with van der Waals surface area (Å²) in [7, 11) is 0. The number of ether oxygens (including phenoxy) is 1. The molecule has 0 saturated carbocycles. The van der Waals surface area contributed by atoms with Crippen LogP contribution in [0.5, 0.6) is 0 Å². The highest BCUT2D eigenvalue weighted by Crippen LogP contribution is 2.05. The quantitative estimate of drug-likeness (QED) is 0.798.